The summed E-state index contributed by atoms with van der Waals surface area (Å²) in [7, 11) is 0. The molecule has 7 heteroatoms. The van der Waals surface area contributed by atoms with Crippen molar-refractivity contribution in [2.75, 3.05) is 5.32 Å². The molecule has 25 heavy (non-hydrogen) atoms. The molecule has 126 valence electrons. The highest BCUT2D eigenvalue weighted by atomic mass is 16.2. The molecule has 1 saturated heterocycles. The van der Waals surface area contributed by atoms with Crippen LogP contribution in [0.4, 0.5) is 5.82 Å². The average Bonchev–Trinajstić information content (AvgIpc) is 3.24. The third kappa shape index (κ3) is 3.21. The first-order valence-corrected chi connectivity index (χ1v) is 8.15. The zero-order valence-corrected chi connectivity index (χ0v) is 13.5. The second-order valence-corrected chi connectivity index (χ2v) is 6.04. The third-order valence-electron chi connectivity index (χ3n) is 4.25. The highest BCUT2D eigenvalue weighted by Gasteiger charge is 2.27. The molecule has 2 aromatic heterocycles. The monoisotopic (exact) mass is 335 g/mol. The number of carbonyl (C=O) groups is 2. The zero-order valence-electron chi connectivity index (χ0n) is 13.5. The van der Waals surface area contributed by atoms with E-state index < -0.39 is 6.04 Å². The van der Waals surface area contributed by atoms with Crippen LogP contribution >= 0.6 is 0 Å². The number of amides is 2. The van der Waals surface area contributed by atoms with Gasteiger partial charge in [-0.25, -0.2) is 0 Å². The van der Waals surface area contributed by atoms with Gasteiger partial charge in [0.05, 0.1) is 12.1 Å². The quantitative estimate of drug-likeness (QED) is 0.759. The van der Waals surface area contributed by atoms with Crippen molar-refractivity contribution < 1.29 is 9.59 Å². The maximum Gasteiger partial charge on any atom is 0.248 e. The number of para-hydroxylation sites is 1. The first kappa shape index (κ1) is 15.3. The smallest absolute Gasteiger partial charge is 0.248 e. The van der Waals surface area contributed by atoms with Crippen molar-refractivity contribution in [1.29, 1.82) is 0 Å². The Bertz CT molecular complexity index is 944. The fraction of sp³-hybridized carbons (Fsp3) is 0.222. The number of rotatable bonds is 4. The van der Waals surface area contributed by atoms with Gasteiger partial charge in [0, 0.05) is 30.3 Å². The molecular formula is C18H17N5O2. The van der Waals surface area contributed by atoms with E-state index in [-0.39, 0.29) is 11.8 Å². The molecule has 3 aromatic rings. The van der Waals surface area contributed by atoms with E-state index in [0.717, 1.165) is 16.5 Å². The van der Waals surface area contributed by atoms with Crippen LogP contribution in [-0.2, 0) is 16.1 Å². The summed E-state index contributed by atoms with van der Waals surface area (Å²) in [5.74, 6) is 0.149. The lowest BCUT2D eigenvalue weighted by molar-refractivity contribution is -0.122. The predicted octanol–water partition coefficient (Wildman–Crippen LogP) is 1.70. The molecular weight excluding hydrogens is 318 g/mol. The summed E-state index contributed by atoms with van der Waals surface area (Å²) in [5.41, 5.74) is 2.00. The molecule has 1 aliphatic heterocycles. The van der Waals surface area contributed by atoms with E-state index in [1.165, 1.54) is 0 Å². The average molecular weight is 335 g/mol. The number of benzene rings is 1. The number of anilines is 1. The minimum absolute atomic E-state index is 0.0888. The normalized spacial score (nSPS) is 16.8. The van der Waals surface area contributed by atoms with Crippen LogP contribution in [0.1, 0.15) is 18.4 Å². The molecule has 2 amide bonds. The van der Waals surface area contributed by atoms with Gasteiger partial charge in [0.15, 0.2) is 5.82 Å². The Labute approximate surface area is 144 Å². The largest absolute Gasteiger partial charge is 0.344 e. The molecule has 0 spiro atoms. The molecule has 1 atom stereocenters. The molecule has 3 heterocycles. The van der Waals surface area contributed by atoms with Gasteiger partial charge in [-0.2, -0.15) is 5.10 Å². The maximum absolute atomic E-state index is 12.1. The van der Waals surface area contributed by atoms with Gasteiger partial charge in [-0.15, -0.1) is 0 Å². The van der Waals surface area contributed by atoms with Gasteiger partial charge in [-0.05, 0) is 18.1 Å². The maximum atomic E-state index is 12.1. The van der Waals surface area contributed by atoms with Crippen molar-refractivity contribution in [2.45, 2.75) is 25.4 Å². The van der Waals surface area contributed by atoms with Crippen molar-refractivity contribution in [3.63, 3.8) is 0 Å². The van der Waals surface area contributed by atoms with E-state index >= 15 is 0 Å². The van der Waals surface area contributed by atoms with Crippen LogP contribution < -0.4 is 10.6 Å². The van der Waals surface area contributed by atoms with Crippen molar-refractivity contribution in [3.8, 4) is 0 Å². The van der Waals surface area contributed by atoms with Gasteiger partial charge in [-0.3, -0.25) is 19.3 Å². The number of aromatic nitrogens is 3. The second-order valence-electron chi connectivity index (χ2n) is 6.04. The number of fused-ring (bicyclic) bond motifs is 1. The first-order valence-electron chi connectivity index (χ1n) is 8.15. The molecule has 1 fully saturated rings. The molecule has 0 radical (unpaired) electrons. The summed E-state index contributed by atoms with van der Waals surface area (Å²) >= 11 is 0. The Kier molecular flexibility index (Phi) is 3.89. The van der Waals surface area contributed by atoms with E-state index in [2.05, 4.69) is 20.7 Å². The van der Waals surface area contributed by atoms with Crippen LogP contribution in [0.15, 0.2) is 48.8 Å². The van der Waals surface area contributed by atoms with Crippen LogP contribution in [-0.4, -0.2) is 32.6 Å². The lowest BCUT2D eigenvalue weighted by Gasteiger charge is -2.09. The van der Waals surface area contributed by atoms with Crippen molar-refractivity contribution in [3.05, 3.63) is 54.4 Å². The van der Waals surface area contributed by atoms with Crippen molar-refractivity contribution in [1.82, 2.24) is 20.1 Å². The van der Waals surface area contributed by atoms with E-state index in [1.807, 2.05) is 36.5 Å². The minimum atomic E-state index is -0.472. The van der Waals surface area contributed by atoms with Crippen LogP contribution in [0, 0.1) is 0 Å². The molecule has 0 saturated carbocycles. The Morgan fingerprint density at radius 1 is 1.28 bits per heavy atom. The fourth-order valence-electron chi connectivity index (χ4n) is 3.01. The van der Waals surface area contributed by atoms with E-state index in [0.29, 0.717) is 25.2 Å². The number of pyridine rings is 1. The first-order chi connectivity index (χ1) is 12.2. The van der Waals surface area contributed by atoms with Gasteiger partial charge in [0.1, 0.15) is 6.04 Å². The second kappa shape index (κ2) is 6.35. The number of hydrogen-bond acceptors (Lipinski definition) is 4. The molecule has 0 bridgehead atoms. The van der Waals surface area contributed by atoms with Crippen LogP contribution in [0.2, 0.25) is 0 Å². The lowest BCUT2D eigenvalue weighted by atomic mass is 10.1. The summed E-state index contributed by atoms with van der Waals surface area (Å²) < 4.78 is 1.76. The van der Waals surface area contributed by atoms with Gasteiger partial charge >= 0.3 is 0 Å². The van der Waals surface area contributed by atoms with Crippen LogP contribution in [0.5, 0.6) is 0 Å². The third-order valence-corrected chi connectivity index (χ3v) is 4.25. The van der Waals surface area contributed by atoms with E-state index in [1.54, 1.807) is 16.9 Å². The molecule has 7 nitrogen and oxygen atoms in total. The predicted molar refractivity (Wildman–Crippen MR) is 92.9 cm³/mol. The summed E-state index contributed by atoms with van der Waals surface area (Å²) in [4.78, 5) is 27.8. The van der Waals surface area contributed by atoms with E-state index in [9.17, 15) is 9.59 Å². The van der Waals surface area contributed by atoms with E-state index in [4.69, 9.17) is 0 Å². The number of hydrogen-bond donors (Lipinski definition) is 2. The topological polar surface area (TPSA) is 88.9 Å². The Balaban J connectivity index is 1.48. The van der Waals surface area contributed by atoms with Gasteiger partial charge < -0.3 is 10.6 Å². The molecule has 1 aliphatic rings. The van der Waals surface area contributed by atoms with Crippen LogP contribution in [0.25, 0.3) is 10.9 Å². The highest BCUT2D eigenvalue weighted by molar-refractivity contribution is 5.98. The summed E-state index contributed by atoms with van der Waals surface area (Å²) in [6, 6.07) is 11.2. The number of carbonyl (C=O) groups excluding carboxylic acids is 2. The Morgan fingerprint density at radius 3 is 3.00 bits per heavy atom. The Morgan fingerprint density at radius 2 is 2.16 bits per heavy atom. The molecule has 0 aliphatic carbocycles. The summed E-state index contributed by atoms with van der Waals surface area (Å²) in [5, 5.41) is 10.9. The van der Waals surface area contributed by atoms with Gasteiger partial charge in [0.25, 0.3) is 0 Å². The number of nitrogens with one attached hydrogen (secondary N) is 2. The molecule has 1 aromatic carbocycles. The highest BCUT2D eigenvalue weighted by Crippen LogP contribution is 2.17. The van der Waals surface area contributed by atoms with Crippen molar-refractivity contribution in [2.24, 2.45) is 0 Å². The molecule has 2 N–H and O–H groups in total. The molecule has 1 unspecified atom stereocenters. The minimum Gasteiger partial charge on any atom is -0.344 e. The Hall–Kier alpha value is -3.22. The summed E-state index contributed by atoms with van der Waals surface area (Å²) in [6.45, 7) is 0.560. The number of nitrogens with zero attached hydrogens (tertiary/aromatic N) is 3. The zero-order chi connectivity index (χ0) is 17.2. The lowest BCUT2D eigenvalue weighted by Crippen LogP contribution is -2.37. The SMILES string of the molecule is O=C1CCC(C(=O)Nc2ccn(Cc3cccc4cccnc34)n2)N1. The van der Waals surface area contributed by atoms with Gasteiger partial charge in [0.2, 0.25) is 11.8 Å². The fourth-order valence-corrected chi connectivity index (χ4v) is 3.01. The standard InChI is InChI=1S/C18H17N5O2/c24-16-7-6-14(20-16)18(25)21-15-8-10-23(22-15)11-13-4-1-3-12-5-2-9-19-17(12)13/h1-5,8-10,14H,6-7,11H2,(H,20,24)(H,21,22,25). The van der Waals surface area contributed by atoms with Gasteiger partial charge in [-0.1, -0.05) is 24.3 Å². The van der Waals surface area contributed by atoms with Crippen molar-refractivity contribution >= 4 is 28.5 Å². The summed E-state index contributed by atoms with van der Waals surface area (Å²) in [6.07, 6.45) is 4.49. The molecule has 4 rings (SSSR count). The van der Waals surface area contributed by atoms with Crippen LogP contribution in [0.3, 0.4) is 0 Å².